The second kappa shape index (κ2) is 9.23. The number of hydrogen-bond donors (Lipinski definition) is 1. The number of aromatic nitrogens is 1. The molecule has 3 rings (SSSR count). The van der Waals surface area contributed by atoms with Gasteiger partial charge in [-0.15, -0.1) is 0 Å². The lowest BCUT2D eigenvalue weighted by Crippen LogP contribution is -2.42. The molecule has 0 atom stereocenters. The molecule has 0 unspecified atom stereocenters. The van der Waals surface area contributed by atoms with Gasteiger partial charge in [-0.2, -0.15) is 0 Å². The predicted molar refractivity (Wildman–Crippen MR) is 109 cm³/mol. The van der Waals surface area contributed by atoms with Crippen LogP contribution in [0.3, 0.4) is 0 Å². The fraction of sp³-hybridized carbons (Fsp3) is 0.455. The van der Waals surface area contributed by atoms with E-state index in [0.717, 1.165) is 44.1 Å². The lowest BCUT2D eigenvalue weighted by atomic mass is 9.68. The number of hydrogen-bond acceptors (Lipinski definition) is 3. The number of anilines is 1. The zero-order chi connectivity index (χ0) is 19.1. The summed E-state index contributed by atoms with van der Waals surface area (Å²) in [6.45, 7) is 2.78. The second-order valence-electron chi connectivity index (χ2n) is 7.19. The van der Waals surface area contributed by atoms with Crippen LogP contribution in [0.4, 0.5) is 5.69 Å². The first-order valence-electron chi connectivity index (χ1n) is 9.80. The van der Waals surface area contributed by atoms with Gasteiger partial charge in [-0.3, -0.25) is 4.79 Å². The number of rotatable bonds is 7. The first-order valence-corrected chi connectivity index (χ1v) is 10.2. The van der Waals surface area contributed by atoms with Gasteiger partial charge in [0.25, 0.3) is 0 Å². The molecule has 0 spiro atoms. The number of carbonyl (C=O) groups excluding carboxylic acids is 1. The Kier molecular flexibility index (Phi) is 6.73. The van der Waals surface area contributed by atoms with Crippen molar-refractivity contribution in [1.29, 1.82) is 0 Å². The van der Waals surface area contributed by atoms with Crippen molar-refractivity contribution >= 4 is 23.2 Å². The molecular formula is C22H27ClN2O2. The van der Waals surface area contributed by atoms with E-state index in [4.69, 9.17) is 16.3 Å². The topological polar surface area (TPSA) is 51.2 Å². The van der Waals surface area contributed by atoms with Gasteiger partial charge >= 0.3 is 0 Å². The SMILES string of the molecule is CCCCOc1ccc(NC(=O)C2(c3ccc(Cl)cc3)CCCCC2)cn1. The van der Waals surface area contributed by atoms with Crippen LogP contribution >= 0.6 is 11.6 Å². The van der Waals surface area contributed by atoms with Crippen LogP contribution in [0, 0.1) is 0 Å². The van der Waals surface area contributed by atoms with Crippen molar-refractivity contribution in [1.82, 2.24) is 4.98 Å². The van der Waals surface area contributed by atoms with E-state index in [9.17, 15) is 4.79 Å². The predicted octanol–water partition coefficient (Wildman–Crippen LogP) is 5.75. The summed E-state index contributed by atoms with van der Waals surface area (Å²) in [5.74, 6) is 0.623. The number of amides is 1. The van der Waals surface area contributed by atoms with Crippen LogP contribution in [0.1, 0.15) is 57.4 Å². The van der Waals surface area contributed by atoms with Crippen molar-refractivity contribution in [2.75, 3.05) is 11.9 Å². The maximum atomic E-state index is 13.3. The second-order valence-corrected chi connectivity index (χ2v) is 7.63. The number of halogens is 1. The quantitative estimate of drug-likeness (QED) is 0.616. The van der Waals surface area contributed by atoms with Crippen molar-refractivity contribution in [3.8, 4) is 5.88 Å². The van der Waals surface area contributed by atoms with Gasteiger partial charge in [-0.05, 0) is 43.0 Å². The summed E-state index contributed by atoms with van der Waals surface area (Å²) in [4.78, 5) is 17.6. The summed E-state index contributed by atoms with van der Waals surface area (Å²) in [5, 5.41) is 3.76. The fourth-order valence-electron chi connectivity index (χ4n) is 3.68. The molecule has 1 aliphatic rings. The zero-order valence-electron chi connectivity index (χ0n) is 15.8. The minimum Gasteiger partial charge on any atom is -0.478 e. The van der Waals surface area contributed by atoms with Crippen molar-refractivity contribution in [3.63, 3.8) is 0 Å². The van der Waals surface area contributed by atoms with E-state index in [-0.39, 0.29) is 5.91 Å². The van der Waals surface area contributed by atoms with Crippen LogP contribution in [-0.4, -0.2) is 17.5 Å². The number of ether oxygens (including phenoxy) is 1. The fourth-order valence-corrected chi connectivity index (χ4v) is 3.81. The average Bonchev–Trinajstić information content (AvgIpc) is 2.70. The zero-order valence-corrected chi connectivity index (χ0v) is 16.6. The number of unbranched alkanes of at least 4 members (excludes halogenated alkanes) is 1. The minimum absolute atomic E-state index is 0.0333. The Morgan fingerprint density at radius 2 is 1.89 bits per heavy atom. The summed E-state index contributed by atoms with van der Waals surface area (Å²) in [6.07, 6.45) is 8.74. The smallest absolute Gasteiger partial charge is 0.235 e. The van der Waals surface area contributed by atoms with Gasteiger partial charge in [0.2, 0.25) is 11.8 Å². The summed E-state index contributed by atoms with van der Waals surface area (Å²) >= 11 is 6.04. The number of nitrogens with zero attached hydrogens (tertiary/aromatic N) is 1. The molecule has 0 aliphatic heterocycles. The molecule has 2 aromatic rings. The molecule has 1 aromatic heterocycles. The summed E-state index contributed by atoms with van der Waals surface area (Å²) < 4.78 is 5.59. The molecule has 1 aliphatic carbocycles. The van der Waals surface area contributed by atoms with Crippen LogP contribution in [0.25, 0.3) is 0 Å². The Hall–Kier alpha value is -2.07. The molecule has 27 heavy (non-hydrogen) atoms. The van der Waals surface area contributed by atoms with Crippen molar-refractivity contribution in [3.05, 3.63) is 53.2 Å². The van der Waals surface area contributed by atoms with E-state index in [2.05, 4.69) is 17.2 Å². The highest BCUT2D eigenvalue weighted by molar-refractivity contribution is 6.30. The van der Waals surface area contributed by atoms with E-state index in [1.807, 2.05) is 30.3 Å². The summed E-state index contributed by atoms with van der Waals surface area (Å²) in [5.41, 5.74) is 1.23. The van der Waals surface area contributed by atoms with Gasteiger partial charge in [0.15, 0.2) is 0 Å². The summed E-state index contributed by atoms with van der Waals surface area (Å²) in [6, 6.07) is 11.4. The third-order valence-electron chi connectivity index (χ3n) is 5.28. The Morgan fingerprint density at radius 3 is 2.52 bits per heavy atom. The number of carbonyl (C=O) groups is 1. The number of pyridine rings is 1. The highest BCUT2D eigenvalue weighted by atomic mass is 35.5. The van der Waals surface area contributed by atoms with Crippen molar-refractivity contribution in [2.45, 2.75) is 57.3 Å². The normalized spacial score (nSPS) is 15.9. The molecule has 0 bridgehead atoms. The van der Waals surface area contributed by atoms with Gasteiger partial charge in [-0.1, -0.05) is 56.3 Å². The van der Waals surface area contributed by atoms with E-state index in [1.165, 1.54) is 6.42 Å². The maximum absolute atomic E-state index is 13.3. The molecule has 1 amide bonds. The van der Waals surface area contributed by atoms with Gasteiger partial charge < -0.3 is 10.1 Å². The Bertz CT molecular complexity index is 738. The maximum Gasteiger partial charge on any atom is 0.235 e. The molecular weight excluding hydrogens is 360 g/mol. The standard InChI is InChI=1S/C22H27ClN2O2/c1-2-3-15-27-20-12-11-19(16-24-20)25-21(26)22(13-5-4-6-14-22)17-7-9-18(23)10-8-17/h7-12,16H,2-6,13-15H2,1H3,(H,25,26). The van der Waals surface area contributed by atoms with Crippen LogP contribution in [0.5, 0.6) is 5.88 Å². The van der Waals surface area contributed by atoms with Crippen molar-refractivity contribution in [2.24, 2.45) is 0 Å². The molecule has 0 saturated heterocycles. The Labute approximate surface area is 166 Å². The van der Waals surface area contributed by atoms with Gasteiger partial charge in [0.1, 0.15) is 0 Å². The molecule has 0 radical (unpaired) electrons. The lowest BCUT2D eigenvalue weighted by molar-refractivity contribution is -0.122. The minimum atomic E-state index is -0.501. The van der Waals surface area contributed by atoms with Crippen molar-refractivity contribution < 1.29 is 9.53 Å². The largest absolute Gasteiger partial charge is 0.478 e. The first kappa shape index (κ1) is 19.7. The van der Waals surface area contributed by atoms with Gasteiger partial charge in [-0.25, -0.2) is 4.98 Å². The van der Waals surface area contributed by atoms with E-state index >= 15 is 0 Å². The first-order chi connectivity index (χ1) is 13.1. The average molecular weight is 387 g/mol. The third-order valence-corrected chi connectivity index (χ3v) is 5.53. The molecule has 1 N–H and O–H groups in total. The van der Waals surface area contributed by atoms with Gasteiger partial charge in [0, 0.05) is 11.1 Å². The molecule has 1 heterocycles. The molecule has 1 aromatic carbocycles. The lowest BCUT2D eigenvalue weighted by Gasteiger charge is -2.36. The molecule has 5 heteroatoms. The van der Waals surface area contributed by atoms with E-state index in [1.54, 1.807) is 12.3 Å². The highest BCUT2D eigenvalue weighted by Gasteiger charge is 2.41. The summed E-state index contributed by atoms with van der Waals surface area (Å²) in [7, 11) is 0. The molecule has 144 valence electrons. The van der Waals surface area contributed by atoms with Crippen LogP contribution in [0.2, 0.25) is 5.02 Å². The highest BCUT2D eigenvalue weighted by Crippen LogP contribution is 2.40. The number of nitrogens with one attached hydrogen (secondary N) is 1. The number of benzene rings is 1. The van der Waals surface area contributed by atoms with Gasteiger partial charge in [0.05, 0.1) is 23.9 Å². The Morgan fingerprint density at radius 1 is 1.15 bits per heavy atom. The molecule has 1 saturated carbocycles. The Balaban J connectivity index is 1.74. The van der Waals surface area contributed by atoms with Crippen LogP contribution in [-0.2, 0) is 10.2 Å². The molecule has 4 nitrogen and oxygen atoms in total. The third kappa shape index (κ3) is 4.81. The molecule has 1 fully saturated rings. The van der Waals surface area contributed by atoms with Crippen LogP contribution in [0.15, 0.2) is 42.6 Å². The van der Waals surface area contributed by atoms with Crippen LogP contribution < -0.4 is 10.1 Å². The van der Waals surface area contributed by atoms with E-state index in [0.29, 0.717) is 23.2 Å². The van der Waals surface area contributed by atoms with E-state index < -0.39 is 5.41 Å². The monoisotopic (exact) mass is 386 g/mol.